The normalized spacial score (nSPS) is 20.9. The summed E-state index contributed by atoms with van der Waals surface area (Å²) >= 11 is 0. The molecular formula is C17H23N5O2. The molecule has 0 aromatic carbocycles. The van der Waals surface area contributed by atoms with Gasteiger partial charge in [0.15, 0.2) is 5.69 Å². The van der Waals surface area contributed by atoms with Gasteiger partial charge in [-0.05, 0) is 46.6 Å². The molecule has 1 fully saturated rings. The number of hydrogen-bond donors (Lipinski definition) is 1. The fourth-order valence-corrected chi connectivity index (χ4v) is 3.21. The maximum absolute atomic E-state index is 12.6. The van der Waals surface area contributed by atoms with Gasteiger partial charge in [0.1, 0.15) is 6.26 Å². The van der Waals surface area contributed by atoms with Gasteiger partial charge in [0.05, 0.1) is 0 Å². The van der Waals surface area contributed by atoms with E-state index in [9.17, 15) is 4.79 Å². The van der Waals surface area contributed by atoms with Crippen LogP contribution < -0.4 is 5.32 Å². The summed E-state index contributed by atoms with van der Waals surface area (Å²) in [4.78, 5) is 23.3. The van der Waals surface area contributed by atoms with E-state index >= 15 is 0 Å². The molecule has 128 valence electrons. The fraction of sp³-hybridized carbons (Fsp3) is 0.529. The average molecular weight is 329 g/mol. The zero-order valence-corrected chi connectivity index (χ0v) is 14.5. The lowest BCUT2D eigenvalue weighted by atomic mass is 9.97. The van der Waals surface area contributed by atoms with Gasteiger partial charge in [-0.3, -0.25) is 4.79 Å². The summed E-state index contributed by atoms with van der Waals surface area (Å²) in [7, 11) is 0. The number of amides is 1. The molecule has 0 radical (unpaired) electrons. The number of piperidine rings is 1. The third-order valence-corrected chi connectivity index (χ3v) is 4.40. The second kappa shape index (κ2) is 6.59. The van der Waals surface area contributed by atoms with Gasteiger partial charge in [-0.15, -0.1) is 0 Å². The molecule has 7 heteroatoms. The number of rotatable bonds is 3. The van der Waals surface area contributed by atoms with Crippen molar-refractivity contribution in [3.8, 4) is 0 Å². The molecule has 7 nitrogen and oxygen atoms in total. The summed E-state index contributed by atoms with van der Waals surface area (Å²) < 4.78 is 4.89. The minimum absolute atomic E-state index is 0.0603. The summed E-state index contributed by atoms with van der Waals surface area (Å²) in [6.07, 6.45) is 3.20. The van der Waals surface area contributed by atoms with Crippen molar-refractivity contribution < 1.29 is 9.32 Å². The van der Waals surface area contributed by atoms with Crippen LogP contribution in [-0.2, 0) is 0 Å². The quantitative estimate of drug-likeness (QED) is 0.931. The molecule has 0 bridgehead atoms. The second-order valence-electron chi connectivity index (χ2n) is 6.53. The Morgan fingerprint density at radius 1 is 1.29 bits per heavy atom. The number of hydrogen-bond acceptors (Lipinski definition) is 6. The first-order valence-corrected chi connectivity index (χ1v) is 8.25. The van der Waals surface area contributed by atoms with Crippen LogP contribution in [0.25, 0.3) is 0 Å². The van der Waals surface area contributed by atoms with Crippen LogP contribution in [0.15, 0.2) is 16.9 Å². The maximum atomic E-state index is 12.6. The van der Waals surface area contributed by atoms with E-state index in [-0.39, 0.29) is 18.0 Å². The summed E-state index contributed by atoms with van der Waals surface area (Å²) in [6, 6.07) is 2.32. The van der Waals surface area contributed by atoms with Gasteiger partial charge < -0.3 is 14.7 Å². The molecule has 1 N–H and O–H groups in total. The van der Waals surface area contributed by atoms with Crippen molar-refractivity contribution in [2.24, 2.45) is 0 Å². The van der Waals surface area contributed by atoms with Crippen LogP contribution in [0.1, 0.15) is 47.2 Å². The van der Waals surface area contributed by atoms with Crippen molar-refractivity contribution in [1.29, 1.82) is 0 Å². The van der Waals surface area contributed by atoms with Gasteiger partial charge in [0.2, 0.25) is 5.95 Å². The van der Waals surface area contributed by atoms with Gasteiger partial charge >= 0.3 is 0 Å². The van der Waals surface area contributed by atoms with Crippen molar-refractivity contribution >= 4 is 11.9 Å². The Balaban J connectivity index is 1.65. The summed E-state index contributed by atoms with van der Waals surface area (Å²) in [5.41, 5.74) is 3.08. The van der Waals surface area contributed by atoms with Crippen molar-refractivity contribution in [2.75, 3.05) is 11.9 Å². The van der Waals surface area contributed by atoms with Crippen LogP contribution in [0.3, 0.4) is 0 Å². The van der Waals surface area contributed by atoms with Crippen molar-refractivity contribution in [3.05, 3.63) is 35.0 Å². The molecule has 2 unspecified atom stereocenters. The van der Waals surface area contributed by atoms with Gasteiger partial charge in [-0.1, -0.05) is 5.16 Å². The molecule has 1 aliphatic heterocycles. The van der Waals surface area contributed by atoms with E-state index < -0.39 is 0 Å². The van der Waals surface area contributed by atoms with Crippen LogP contribution in [-0.4, -0.2) is 44.6 Å². The molecule has 0 saturated carbocycles. The van der Waals surface area contributed by atoms with Crippen molar-refractivity contribution in [3.63, 3.8) is 0 Å². The standard InChI is InChI=1S/C17H23N5O2/c1-10-9-24-21-15(10)16(23)22-6-5-14(8-13(22)4)20-17-18-11(2)7-12(3)19-17/h7,9,13-14H,5-6,8H2,1-4H3,(H,18,19,20). The SMILES string of the molecule is Cc1cc(C)nc(NC2CCN(C(=O)c3nocc3C)C(C)C2)n1. The highest BCUT2D eigenvalue weighted by atomic mass is 16.5. The molecule has 2 aromatic rings. The number of aryl methyl sites for hydroxylation is 3. The molecular weight excluding hydrogens is 306 g/mol. The number of carbonyl (C=O) groups excluding carboxylic acids is 1. The fourth-order valence-electron chi connectivity index (χ4n) is 3.21. The van der Waals surface area contributed by atoms with E-state index in [4.69, 9.17) is 4.52 Å². The zero-order valence-electron chi connectivity index (χ0n) is 14.5. The zero-order chi connectivity index (χ0) is 17.3. The first kappa shape index (κ1) is 16.4. The second-order valence-corrected chi connectivity index (χ2v) is 6.53. The third-order valence-electron chi connectivity index (χ3n) is 4.40. The highest BCUT2D eigenvalue weighted by molar-refractivity contribution is 5.93. The van der Waals surface area contributed by atoms with E-state index in [2.05, 4.69) is 27.4 Å². The lowest BCUT2D eigenvalue weighted by Crippen LogP contribution is -2.48. The molecule has 1 aliphatic rings. The largest absolute Gasteiger partial charge is 0.364 e. The molecule has 0 aliphatic carbocycles. The van der Waals surface area contributed by atoms with Crippen LogP contribution in [0, 0.1) is 20.8 Å². The number of nitrogens with one attached hydrogen (secondary N) is 1. The van der Waals surface area contributed by atoms with Crippen molar-refractivity contribution in [2.45, 2.75) is 52.6 Å². The third kappa shape index (κ3) is 3.39. The van der Waals surface area contributed by atoms with E-state index in [0.29, 0.717) is 18.2 Å². The Labute approximate surface area is 141 Å². The lowest BCUT2D eigenvalue weighted by molar-refractivity contribution is 0.0614. The summed E-state index contributed by atoms with van der Waals surface area (Å²) in [5.74, 6) is 0.603. The Bertz CT molecular complexity index is 722. The molecule has 3 rings (SSSR count). The van der Waals surface area contributed by atoms with Crippen LogP contribution in [0.4, 0.5) is 5.95 Å². The first-order valence-electron chi connectivity index (χ1n) is 8.25. The smallest absolute Gasteiger partial charge is 0.276 e. The number of nitrogens with zero attached hydrogens (tertiary/aromatic N) is 4. The predicted molar refractivity (Wildman–Crippen MR) is 89.9 cm³/mol. The molecule has 1 saturated heterocycles. The van der Waals surface area contributed by atoms with E-state index in [1.807, 2.05) is 31.7 Å². The molecule has 0 spiro atoms. The number of aromatic nitrogens is 3. The van der Waals surface area contributed by atoms with Crippen LogP contribution in [0.2, 0.25) is 0 Å². The van der Waals surface area contributed by atoms with Gasteiger partial charge in [-0.2, -0.15) is 0 Å². The van der Waals surface area contributed by atoms with Gasteiger partial charge in [-0.25, -0.2) is 9.97 Å². The average Bonchev–Trinajstić information content (AvgIpc) is 2.92. The van der Waals surface area contributed by atoms with Gasteiger partial charge in [0, 0.05) is 35.6 Å². The molecule has 2 atom stereocenters. The van der Waals surface area contributed by atoms with Crippen molar-refractivity contribution in [1.82, 2.24) is 20.0 Å². The molecule has 24 heavy (non-hydrogen) atoms. The Morgan fingerprint density at radius 2 is 2.00 bits per heavy atom. The summed E-state index contributed by atoms with van der Waals surface area (Å²) in [5, 5.41) is 7.23. The maximum Gasteiger partial charge on any atom is 0.276 e. The topological polar surface area (TPSA) is 84.2 Å². The minimum atomic E-state index is -0.0603. The lowest BCUT2D eigenvalue weighted by Gasteiger charge is -2.37. The van der Waals surface area contributed by atoms with E-state index in [1.165, 1.54) is 6.26 Å². The van der Waals surface area contributed by atoms with Crippen LogP contribution in [0.5, 0.6) is 0 Å². The minimum Gasteiger partial charge on any atom is -0.364 e. The Kier molecular flexibility index (Phi) is 4.51. The Morgan fingerprint density at radius 3 is 2.58 bits per heavy atom. The van der Waals surface area contributed by atoms with Gasteiger partial charge in [0.25, 0.3) is 5.91 Å². The van der Waals surface area contributed by atoms with E-state index in [1.54, 1.807) is 0 Å². The number of likely N-dealkylation sites (tertiary alicyclic amines) is 1. The Hall–Kier alpha value is -2.44. The molecule has 3 heterocycles. The monoisotopic (exact) mass is 329 g/mol. The predicted octanol–water partition coefficient (Wildman–Crippen LogP) is 2.50. The molecule has 1 amide bonds. The summed E-state index contributed by atoms with van der Waals surface area (Å²) in [6.45, 7) is 8.49. The van der Waals surface area contributed by atoms with Crippen LogP contribution >= 0.6 is 0 Å². The highest BCUT2D eigenvalue weighted by Crippen LogP contribution is 2.22. The number of carbonyl (C=O) groups is 1. The first-order chi connectivity index (χ1) is 11.4. The highest BCUT2D eigenvalue weighted by Gasteiger charge is 2.31. The number of anilines is 1. The molecule has 2 aromatic heterocycles. The van der Waals surface area contributed by atoms with E-state index in [0.717, 1.165) is 29.8 Å².